The van der Waals surface area contributed by atoms with Crippen LogP contribution in [0.1, 0.15) is 60.8 Å². The minimum absolute atomic E-state index is 0.0290. The fraction of sp³-hybridized carbons (Fsp3) is 0.889. The highest BCUT2D eigenvalue weighted by atomic mass is 16.2. The first-order chi connectivity index (χ1) is 10.6. The van der Waals surface area contributed by atoms with Crippen LogP contribution in [-0.4, -0.2) is 47.9 Å². The Balaban J connectivity index is 2.45. The third-order valence-corrected chi connectivity index (χ3v) is 4.75. The van der Waals surface area contributed by atoms with Gasteiger partial charge in [0.15, 0.2) is 0 Å². The quantitative estimate of drug-likeness (QED) is 0.787. The van der Waals surface area contributed by atoms with E-state index >= 15 is 0 Å². The number of amides is 2. The maximum atomic E-state index is 12.3. The molecule has 0 unspecified atom stereocenters. The third kappa shape index (κ3) is 7.34. The maximum absolute atomic E-state index is 12.3. The van der Waals surface area contributed by atoms with E-state index in [9.17, 15) is 9.59 Å². The van der Waals surface area contributed by atoms with E-state index in [0.29, 0.717) is 18.4 Å². The van der Waals surface area contributed by atoms with E-state index in [1.807, 2.05) is 32.6 Å². The lowest BCUT2D eigenvalue weighted by atomic mass is 9.78. The Bertz CT molecular complexity index is 404. The van der Waals surface area contributed by atoms with Gasteiger partial charge in [-0.1, -0.05) is 33.6 Å². The van der Waals surface area contributed by atoms with Crippen molar-refractivity contribution in [1.82, 2.24) is 15.5 Å². The molecule has 0 aliphatic heterocycles. The smallest absolute Gasteiger partial charge is 0.234 e. The molecule has 1 saturated carbocycles. The van der Waals surface area contributed by atoms with Crippen LogP contribution in [0, 0.1) is 11.8 Å². The Hall–Kier alpha value is -1.10. The minimum Gasteiger partial charge on any atom is -0.352 e. The highest BCUT2D eigenvalue weighted by molar-refractivity contribution is 5.81. The first-order valence-electron chi connectivity index (χ1n) is 8.95. The van der Waals surface area contributed by atoms with Gasteiger partial charge in [0.25, 0.3) is 0 Å². The molecule has 1 aliphatic carbocycles. The third-order valence-electron chi connectivity index (χ3n) is 4.75. The van der Waals surface area contributed by atoms with Crippen LogP contribution in [0.15, 0.2) is 0 Å². The number of rotatable bonds is 6. The number of carbonyl (C=O) groups excluding carboxylic acids is 2. The topological polar surface area (TPSA) is 61.4 Å². The van der Waals surface area contributed by atoms with Gasteiger partial charge in [-0.05, 0) is 45.6 Å². The number of hydrogen-bond acceptors (Lipinski definition) is 3. The SMILES string of the molecule is CCN(CC(=O)N[C@H]1CCC[C@H](C)[C@@H]1C)CC(=O)NC(C)(C)C. The zero-order valence-corrected chi connectivity index (χ0v) is 15.7. The van der Waals surface area contributed by atoms with E-state index in [-0.39, 0.29) is 36.5 Å². The fourth-order valence-electron chi connectivity index (χ4n) is 3.18. The number of hydrogen-bond donors (Lipinski definition) is 2. The van der Waals surface area contributed by atoms with Gasteiger partial charge >= 0.3 is 0 Å². The van der Waals surface area contributed by atoms with E-state index in [0.717, 1.165) is 6.42 Å². The summed E-state index contributed by atoms with van der Waals surface area (Å²) in [7, 11) is 0. The summed E-state index contributed by atoms with van der Waals surface area (Å²) in [5.41, 5.74) is -0.244. The van der Waals surface area contributed by atoms with E-state index in [1.165, 1.54) is 12.8 Å². The standard InChI is InChI=1S/C18H35N3O2/c1-7-21(12-17(23)20-18(4,5)6)11-16(22)19-15-10-8-9-13(2)14(15)3/h13-15H,7-12H2,1-6H3,(H,19,22)(H,20,23)/t13-,14-,15-/m0/s1. The van der Waals surface area contributed by atoms with Crippen molar-refractivity contribution in [3.8, 4) is 0 Å². The molecule has 0 aromatic carbocycles. The lowest BCUT2D eigenvalue weighted by Gasteiger charge is -2.35. The fourth-order valence-corrected chi connectivity index (χ4v) is 3.18. The molecule has 3 atom stereocenters. The Morgan fingerprint density at radius 3 is 2.26 bits per heavy atom. The molecule has 2 amide bonds. The Morgan fingerprint density at radius 1 is 1.09 bits per heavy atom. The van der Waals surface area contributed by atoms with Gasteiger partial charge in [-0.2, -0.15) is 0 Å². The zero-order valence-electron chi connectivity index (χ0n) is 15.7. The van der Waals surface area contributed by atoms with Crippen molar-refractivity contribution < 1.29 is 9.59 Å². The molecule has 1 aliphatic rings. The number of nitrogens with zero attached hydrogens (tertiary/aromatic N) is 1. The Kier molecular flexibility index (Phi) is 7.52. The van der Waals surface area contributed by atoms with E-state index < -0.39 is 0 Å². The molecule has 0 spiro atoms. The van der Waals surface area contributed by atoms with Gasteiger partial charge in [0, 0.05) is 11.6 Å². The van der Waals surface area contributed by atoms with Crippen LogP contribution in [0.4, 0.5) is 0 Å². The molecule has 2 N–H and O–H groups in total. The lowest BCUT2D eigenvalue weighted by Crippen LogP contribution is -2.50. The summed E-state index contributed by atoms with van der Waals surface area (Å²) in [6.45, 7) is 13.6. The van der Waals surface area contributed by atoms with E-state index in [2.05, 4.69) is 24.5 Å². The molecule has 134 valence electrons. The second-order valence-electron chi connectivity index (χ2n) is 8.04. The van der Waals surface area contributed by atoms with Crippen molar-refractivity contribution in [2.75, 3.05) is 19.6 Å². The number of likely N-dealkylation sites (N-methyl/N-ethyl adjacent to an activating group) is 1. The number of carbonyl (C=O) groups is 2. The molecule has 0 aromatic rings. The van der Waals surface area contributed by atoms with E-state index in [4.69, 9.17) is 0 Å². The first kappa shape index (κ1) is 19.9. The average molecular weight is 325 g/mol. The molecule has 0 bridgehead atoms. The average Bonchev–Trinajstić information content (AvgIpc) is 2.41. The highest BCUT2D eigenvalue weighted by Gasteiger charge is 2.28. The molecule has 5 heteroatoms. The van der Waals surface area contributed by atoms with E-state index in [1.54, 1.807) is 0 Å². The van der Waals surface area contributed by atoms with Crippen LogP contribution >= 0.6 is 0 Å². The summed E-state index contributed by atoms with van der Waals surface area (Å²) in [5, 5.41) is 6.11. The van der Waals surface area contributed by atoms with Gasteiger partial charge in [-0.3, -0.25) is 14.5 Å². The highest BCUT2D eigenvalue weighted by Crippen LogP contribution is 2.29. The van der Waals surface area contributed by atoms with Gasteiger partial charge in [-0.15, -0.1) is 0 Å². The largest absolute Gasteiger partial charge is 0.352 e. The summed E-state index contributed by atoms with van der Waals surface area (Å²) in [4.78, 5) is 26.2. The summed E-state index contributed by atoms with van der Waals surface area (Å²) < 4.78 is 0. The lowest BCUT2D eigenvalue weighted by molar-refractivity contribution is -0.126. The van der Waals surface area contributed by atoms with Crippen molar-refractivity contribution in [1.29, 1.82) is 0 Å². The van der Waals surface area contributed by atoms with Crippen LogP contribution in [0.5, 0.6) is 0 Å². The second-order valence-corrected chi connectivity index (χ2v) is 8.04. The van der Waals surface area contributed by atoms with Crippen molar-refractivity contribution in [3.05, 3.63) is 0 Å². The molecule has 5 nitrogen and oxygen atoms in total. The molecule has 0 saturated heterocycles. The van der Waals surface area contributed by atoms with Crippen LogP contribution < -0.4 is 10.6 Å². The number of nitrogens with one attached hydrogen (secondary N) is 2. The maximum Gasteiger partial charge on any atom is 0.234 e. The Labute approximate surface area is 141 Å². The monoisotopic (exact) mass is 325 g/mol. The molecule has 1 rings (SSSR count). The molecule has 23 heavy (non-hydrogen) atoms. The van der Waals surface area contributed by atoms with Crippen LogP contribution in [0.3, 0.4) is 0 Å². The summed E-state index contributed by atoms with van der Waals surface area (Å²) in [5.74, 6) is 1.18. The second kappa shape index (κ2) is 8.67. The van der Waals surface area contributed by atoms with Crippen LogP contribution in [0.25, 0.3) is 0 Å². The normalized spacial score (nSPS) is 25.3. The van der Waals surface area contributed by atoms with Crippen LogP contribution in [-0.2, 0) is 9.59 Å². The predicted molar refractivity (Wildman–Crippen MR) is 94.1 cm³/mol. The Morgan fingerprint density at radius 2 is 1.70 bits per heavy atom. The minimum atomic E-state index is -0.244. The van der Waals surface area contributed by atoms with Gasteiger partial charge < -0.3 is 10.6 Å². The summed E-state index contributed by atoms with van der Waals surface area (Å²) in [6.07, 6.45) is 3.50. The molecule has 1 fully saturated rings. The van der Waals surface area contributed by atoms with Crippen LogP contribution in [0.2, 0.25) is 0 Å². The van der Waals surface area contributed by atoms with Gasteiger partial charge in [-0.25, -0.2) is 0 Å². The molecule has 0 aromatic heterocycles. The summed E-state index contributed by atoms with van der Waals surface area (Å²) in [6, 6.07) is 0.272. The molecular weight excluding hydrogens is 290 g/mol. The van der Waals surface area contributed by atoms with Gasteiger partial charge in [0.2, 0.25) is 11.8 Å². The molecule has 0 heterocycles. The first-order valence-corrected chi connectivity index (χ1v) is 8.95. The van der Waals surface area contributed by atoms with Crippen molar-refractivity contribution in [2.45, 2.75) is 72.4 Å². The van der Waals surface area contributed by atoms with Gasteiger partial charge in [0.1, 0.15) is 0 Å². The predicted octanol–water partition coefficient (Wildman–Crippen LogP) is 2.16. The van der Waals surface area contributed by atoms with Crippen molar-refractivity contribution in [3.63, 3.8) is 0 Å². The molecular formula is C18H35N3O2. The summed E-state index contributed by atoms with van der Waals surface area (Å²) >= 11 is 0. The van der Waals surface area contributed by atoms with Crippen molar-refractivity contribution in [2.24, 2.45) is 11.8 Å². The molecule has 0 radical (unpaired) electrons. The van der Waals surface area contributed by atoms with Gasteiger partial charge in [0.05, 0.1) is 13.1 Å². The van der Waals surface area contributed by atoms with Crippen molar-refractivity contribution >= 4 is 11.8 Å². The zero-order chi connectivity index (χ0) is 17.6.